The molecule has 0 radical (unpaired) electrons. The van der Waals surface area contributed by atoms with E-state index in [1.165, 1.54) is 16.7 Å². The average molecular weight is 351 g/mol. The Morgan fingerprint density at radius 2 is 1.24 bits per heavy atom. The van der Waals surface area contributed by atoms with Crippen molar-refractivity contribution in [2.75, 3.05) is 12.3 Å². The first-order chi connectivity index (χ1) is 12.2. The van der Waals surface area contributed by atoms with Crippen LogP contribution in [0.3, 0.4) is 0 Å². The lowest BCUT2D eigenvalue weighted by molar-refractivity contribution is 0.260. The smallest absolute Gasteiger partial charge is 0.0406 e. The summed E-state index contributed by atoms with van der Waals surface area (Å²) in [5, 5.41) is 0.778. The number of benzene rings is 3. The number of rotatable bonds is 7. The summed E-state index contributed by atoms with van der Waals surface area (Å²) < 4.78 is 0. The summed E-state index contributed by atoms with van der Waals surface area (Å²) in [6.07, 6.45) is 1.00. The third-order valence-corrected chi connectivity index (χ3v) is 4.52. The van der Waals surface area contributed by atoms with Crippen molar-refractivity contribution in [3.63, 3.8) is 0 Å². The zero-order valence-electron chi connectivity index (χ0n) is 14.2. The maximum absolute atomic E-state index is 6.01. The summed E-state index contributed by atoms with van der Waals surface area (Å²) >= 11 is 6.01. The Bertz CT molecular complexity index is 767. The van der Waals surface area contributed by atoms with E-state index in [0.29, 0.717) is 0 Å². The zero-order valence-corrected chi connectivity index (χ0v) is 15.0. The van der Waals surface area contributed by atoms with Crippen LogP contribution in [0, 0.1) is 0 Å². The van der Waals surface area contributed by atoms with E-state index in [0.717, 1.165) is 36.8 Å². The van der Waals surface area contributed by atoms with Crippen LogP contribution in [0.1, 0.15) is 16.7 Å². The predicted molar refractivity (Wildman–Crippen MR) is 107 cm³/mol. The van der Waals surface area contributed by atoms with E-state index in [2.05, 4.69) is 59.5 Å². The molecule has 0 atom stereocenters. The molecule has 2 N–H and O–H groups in total. The minimum atomic E-state index is 0.778. The number of nitrogen functional groups attached to an aromatic ring is 1. The summed E-state index contributed by atoms with van der Waals surface area (Å²) in [6, 6.07) is 26.9. The van der Waals surface area contributed by atoms with E-state index >= 15 is 0 Å². The number of hydrogen-bond acceptors (Lipinski definition) is 2. The van der Waals surface area contributed by atoms with Crippen LogP contribution in [0.5, 0.6) is 0 Å². The van der Waals surface area contributed by atoms with Crippen LogP contribution in [0.15, 0.2) is 78.9 Å². The van der Waals surface area contributed by atoms with E-state index in [9.17, 15) is 0 Å². The van der Waals surface area contributed by atoms with Crippen LogP contribution in [-0.4, -0.2) is 11.4 Å². The normalized spacial score (nSPS) is 11.0. The molecular weight excluding hydrogens is 328 g/mol. The Balaban J connectivity index is 1.68. The maximum Gasteiger partial charge on any atom is 0.0406 e. The van der Waals surface area contributed by atoms with Crippen molar-refractivity contribution in [2.45, 2.75) is 19.5 Å². The lowest BCUT2D eigenvalue weighted by Crippen LogP contribution is -2.25. The molecule has 3 rings (SSSR count). The molecule has 0 aromatic heterocycles. The van der Waals surface area contributed by atoms with Gasteiger partial charge in [-0.05, 0) is 47.4 Å². The van der Waals surface area contributed by atoms with Crippen molar-refractivity contribution in [3.05, 3.63) is 101 Å². The fraction of sp³-hybridized carbons (Fsp3) is 0.182. The first-order valence-electron chi connectivity index (χ1n) is 8.54. The van der Waals surface area contributed by atoms with Crippen molar-refractivity contribution in [3.8, 4) is 0 Å². The van der Waals surface area contributed by atoms with E-state index < -0.39 is 0 Å². The van der Waals surface area contributed by atoms with E-state index in [4.69, 9.17) is 17.3 Å². The fourth-order valence-electron chi connectivity index (χ4n) is 2.88. The Hall–Kier alpha value is -2.29. The molecule has 0 saturated carbocycles. The first kappa shape index (κ1) is 17.5. The Morgan fingerprint density at radius 3 is 1.88 bits per heavy atom. The summed E-state index contributed by atoms with van der Waals surface area (Å²) in [6.45, 7) is 2.82. The number of halogens is 1. The largest absolute Gasteiger partial charge is 0.399 e. The highest BCUT2D eigenvalue weighted by atomic mass is 35.5. The molecule has 3 heteroatoms. The van der Waals surface area contributed by atoms with Gasteiger partial charge in [-0.25, -0.2) is 0 Å². The van der Waals surface area contributed by atoms with E-state index in [1.54, 1.807) is 0 Å². The molecular formula is C22H23ClN2. The van der Waals surface area contributed by atoms with Crippen molar-refractivity contribution < 1.29 is 0 Å². The van der Waals surface area contributed by atoms with Crippen molar-refractivity contribution >= 4 is 17.3 Å². The van der Waals surface area contributed by atoms with Crippen molar-refractivity contribution in [2.24, 2.45) is 0 Å². The molecule has 0 amide bonds. The van der Waals surface area contributed by atoms with Crippen LogP contribution < -0.4 is 5.73 Å². The maximum atomic E-state index is 6.01. The molecule has 0 fully saturated rings. The van der Waals surface area contributed by atoms with Crippen LogP contribution in [0.25, 0.3) is 0 Å². The van der Waals surface area contributed by atoms with Gasteiger partial charge in [0, 0.05) is 30.3 Å². The molecule has 0 unspecified atom stereocenters. The van der Waals surface area contributed by atoms with Crippen LogP contribution in [-0.2, 0) is 19.5 Å². The Kier molecular flexibility index (Phi) is 6.10. The molecule has 3 aromatic rings. The van der Waals surface area contributed by atoms with Crippen LogP contribution >= 0.6 is 11.6 Å². The quantitative estimate of drug-likeness (QED) is 0.596. The summed E-state index contributed by atoms with van der Waals surface area (Å²) in [5.41, 5.74) is 10.5. The SMILES string of the molecule is Nc1ccc(CCN(Cc2ccccc2)Cc2ccc(Cl)cc2)cc1. The molecule has 0 aliphatic carbocycles. The summed E-state index contributed by atoms with van der Waals surface area (Å²) in [4.78, 5) is 2.47. The van der Waals surface area contributed by atoms with E-state index in [-0.39, 0.29) is 0 Å². The monoisotopic (exact) mass is 350 g/mol. The lowest BCUT2D eigenvalue weighted by Gasteiger charge is -2.23. The van der Waals surface area contributed by atoms with Gasteiger partial charge in [0.05, 0.1) is 0 Å². The Labute approximate surface area is 154 Å². The molecule has 0 spiro atoms. The summed E-state index contributed by atoms with van der Waals surface area (Å²) in [7, 11) is 0. The second-order valence-electron chi connectivity index (χ2n) is 6.31. The van der Waals surface area contributed by atoms with Crippen molar-refractivity contribution in [1.29, 1.82) is 0 Å². The highest BCUT2D eigenvalue weighted by molar-refractivity contribution is 6.30. The topological polar surface area (TPSA) is 29.3 Å². The van der Waals surface area contributed by atoms with Gasteiger partial charge in [0.2, 0.25) is 0 Å². The molecule has 2 nitrogen and oxygen atoms in total. The zero-order chi connectivity index (χ0) is 17.5. The highest BCUT2D eigenvalue weighted by Gasteiger charge is 2.08. The highest BCUT2D eigenvalue weighted by Crippen LogP contribution is 2.15. The average Bonchev–Trinajstić information content (AvgIpc) is 2.64. The van der Waals surface area contributed by atoms with Gasteiger partial charge in [-0.2, -0.15) is 0 Å². The van der Waals surface area contributed by atoms with Crippen LogP contribution in [0.4, 0.5) is 5.69 Å². The van der Waals surface area contributed by atoms with E-state index in [1.807, 2.05) is 24.3 Å². The van der Waals surface area contributed by atoms with Gasteiger partial charge >= 0.3 is 0 Å². The lowest BCUT2D eigenvalue weighted by atomic mass is 10.1. The van der Waals surface area contributed by atoms with Gasteiger partial charge in [0.1, 0.15) is 0 Å². The van der Waals surface area contributed by atoms with Gasteiger partial charge in [-0.1, -0.05) is 66.2 Å². The second kappa shape index (κ2) is 8.70. The van der Waals surface area contributed by atoms with Crippen molar-refractivity contribution in [1.82, 2.24) is 4.90 Å². The number of nitrogens with two attached hydrogens (primary N) is 1. The third kappa shape index (κ3) is 5.63. The molecule has 0 heterocycles. The fourth-order valence-corrected chi connectivity index (χ4v) is 3.00. The van der Waals surface area contributed by atoms with Gasteiger partial charge < -0.3 is 5.73 Å². The molecule has 0 bridgehead atoms. The molecule has 25 heavy (non-hydrogen) atoms. The second-order valence-corrected chi connectivity index (χ2v) is 6.75. The van der Waals surface area contributed by atoms with Crippen LogP contribution in [0.2, 0.25) is 5.02 Å². The first-order valence-corrected chi connectivity index (χ1v) is 8.92. The van der Waals surface area contributed by atoms with Gasteiger partial charge in [-0.15, -0.1) is 0 Å². The number of nitrogens with zero attached hydrogens (tertiary/aromatic N) is 1. The molecule has 0 aliphatic heterocycles. The molecule has 0 saturated heterocycles. The molecule has 0 aliphatic rings. The van der Waals surface area contributed by atoms with Gasteiger partial charge in [0.15, 0.2) is 0 Å². The minimum Gasteiger partial charge on any atom is -0.399 e. The number of anilines is 1. The summed E-state index contributed by atoms with van der Waals surface area (Å²) in [5.74, 6) is 0. The molecule has 3 aromatic carbocycles. The number of hydrogen-bond donors (Lipinski definition) is 1. The third-order valence-electron chi connectivity index (χ3n) is 4.26. The Morgan fingerprint density at radius 1 is 0.680 bits per heavy atom. The van der Waals surface area contributed by atoms with Gasteiger partial charge in [-0.3, -0.25) is 4.90 Å². The minimum absolute atomic E-state index is 0.778. The standard InChI is InChI=1S/C22H23ClN2/c23-21-10-6-20(7-11-21)17-25(16-19-4-2-1-3-5-19)15-14-18-8-12-22(24)13-9-18/h1-13H,14-17,24H2. The predicted octanol–water partition coefficient (Wildman–Crippen LogP) is 5.17. The molecule has 128 valence electrons. The van der Waals surface area contributed by atoms with Gasteiger partial charge in [0.25, 0.3) is 0 Å².